The van der Waals surface area contributed by atoms with Gasteiger partial charge in [-0.1, -0.05) is 0 Å². The normalized spacial score (nSPS) is 21.1. The summed E-state index contributed by atoms with van der Waals surface area (Å²) < 4.78 is 8.25. The number of hydrogen-bond donors (Lipinski definition) is 0. The average Bonchev–Trinajstić information content (AvgIpc) is 2.89. The summed E-state index contributed by atoms with van der Waals surface area (Å²) in [7, 11) is 0. The molecule has 0 amide bonds. The first kappa shape index (κ1) is 20.0. The number of allylic oxidation sites excluding steroid dienone is 1. The molecule has 0 saturated carbocycles. The molecule has 0 N–H and O–H groups in total. The molecule has 0 saturated heterocycles. The van der Waals surface area contributed by atoms with Gasteiger partial charge in [-0.3, -0.25) is 0 Å². The molecule has 0 aromatic heterocycles. The van der Waals surface area contributed by atoms with E-state index in [1.807, 2.05) is 0 Å². The zero-order valence-corrected chi connectivity index (χ0v) is 20.0. The summed E-state index contributed by atoms with van der Waals surface area (Å²) in [4.78, 5) is 0. The third-order valence-electron chi connectivity index (χ3n) is 5.31. The van der Waals surface area contributed by atoms with Crippen LogP contribution in [0.3, 0.4) is 0 Å². The van der Waals surface area contributed by atoms with Gasteiger partial charge in [0.15, 0.2) is 0 Å². The molecule has 0 unspecified atom stereocenters. The van der Waals surface area contributed by atoms with Crippen molar-refractivity contribution < 1.29 is 4.52 Å². The van der Waals surface area contributed by atoms with Crippen molar-refractivity contribution in [3.05, 3.63) is 106 Å². The van der Waals surface area contributed by atoms with Gasteiger partial charge >= 0.3 is 184 Å². The second kappa shape index (κ2) is 7.22. The van der Waals surface area contributed by atoms with E-state index in [1.165, 1.54) is 21.5 Å². The third kappa shape index (κ3) is 3.04. The third-order valence-corrected chi connectivity index (χ3v) is 15.8. The van der Waals surface area contributed by atoms with Gasteiger partial charge in [0.05, 0.1) is 0 Å². The van der Waals surface area contributed by atoms with Gasteiger partial charge in [0.25, 0.3) is 0 Å². The van der Waals surface area contributed by atoms with Gasteiger partial charge in [-0.25, -0.2) is 0 Å². The van der Waals surface area contributed by atoms with Crippen LogP contribution >= 0.6 is 37.0 Å². The topological polar surface area (TPSA) is 9.23 Å². The molecular formula is C24H23Br2OP. The first-order valence-corrected chi connectivity index (χ1v) is 14.3. The van der Waals surface area contributed by atoms with Gasteiger partial charge < -0.3 is 0 Å². The van der Waals surface area contributed by atoms with Crippen LogP contribution in [-0.4, -0.2) is 5.60 Å². The number of benzene rings is 3. The van der Waals surface area contributed by atoms with Crippen LogP contribution < -0.4 is 10.6 Å². The molecule has 1 nitrogen and oxygen atoms in total. The molecule has 144 valence electrons. The molecule has 0 bridgehead atoms. The molecule has 0 fully saturated rings. The monoisotopic (exact) mass is 516 g/mol. The standard InChI is InChI=1S/C24H23Br2OP/c1-24(2)23(25)22(18-19-12-6-3-7-13-19)28(26,27-24,20-14-8-4-9-15-20)21-16-10-5-11-17-21/h3-17H,18H2,1-2H3. The summed E-state index contributed by atoms with van der Waals surface area (Å²) in [5.41, 5.74) is -2.42. The summed E-state index contributed by atoms with van der Waals surface area (Å²) in [6, 6.07) is 31.9. The first-order chi connectivity index (χ1) is 13.4. The first-order valence-electron chi connectivity index (χ1n) is 9.35. The molecule has 0 spiro atoms. The minimum atomic E-state index is -3.26. The van der Waals surface area contributed by atoms with Crippen molar-refractivity contribution in [3.63, 3.8) is 0 Å². The zero-order chi connectivity index (χ0) is 19.9. The predicted molar refractivity (Wildman–Crippen MR) is 129 cm³/mol. The molecule has 3 aromatic rings. The van der Waals surface area contributed by atoms with Crippen LogP contribution in [0.5, 0.6) is 0 Å². The van der Waals surface area contributed by atoms with Gasteiger partial charge in [-0.15, -0.1) is 0 Å². The fraction of sp³-hybridized carbons (Fsp3) is 0.167. The predicted octanol–water partition coefficient (Wildman–Crippen LogP) is 7.07. The second-order valence-corrected chi connectivity index (χ2v) is 16.1. The van der Waals surface area contributed by atoms with E-state index < -0.39 is 11.1 Å². The van der Waals surface area contributed by atoms with Crippen LogP contribution in [0, 0.1) is 0 Å². The maximum atomic E-state index is 7.12. The Labute approximate surface area is 183 Å². The van der Waals surface area contributed by atoms with Gasteiger partial charge in [0, 0.05) is 0 Å². The Kier molecular flexibility index (Phi) is 5.17. The van der Waals surface area contributed by atoms with E-state index in [2.05, 4.69) is 136 Å². The Morgan fingerprint density at radius 2 is 1.18 bits per heavy atom. The molecule has 1 heterocycles. The van der Waals surface area contributed by atoms with E-state index in [0.29, 0.717) is 0 Å². The molecular weight excluding hydrogens is 495 g/mol. The number of hydrogen-bond acceptors (Lipinski definition) is 1. The van der Waals surface area contributed by atoms with Gasteiger partial charge in [0.1, 0.15) is 0 Å². The minimum absolute atomic E-state index is 0.433. The molecule has 0 atom stereocenters. The SMILES string of the molecule is CC1(C)OP(Br)(c2ccccc2)(c2ccccc2)C(Cc2ccccc2)=C1Br. The van der Waals surface area contributed by atoms with Gasteiger partial charge in [-0.2, -0.15) is 0 Å². The maximum absolute atomic E-state index is 7.12. The van der Waals surface area contributed by atoms with Gasteiger partial charge in [-0.05, 0) is 0 Å². The molecule has 1 aliphatic rings. The van der Waals surface area contributed by atoms with Crippen molar-refractivity contribution in [2.24, 2.45) is 0 Å². The summed E-state index contributed by atoms with van der Waals surface area (Å²) in [5, 5.41) is 3.67. The quantitative estimate of drug-likeness (QED) is 0.336. The average molecular weight is 518 g/mol. The van der Waals surface area contributed by atoms with Crippen molar-refractivity contribution in [1.82, 2.24) is 0 Å². The zero-order valence-electron chi connectivity index (χ0n) is 16.0. The Bertz CT molecular complexity index is 975. The summed E-state index contributed by atoms with van der Waals surface area (Å²) >= 11 is 8.28. The van der Waals surface area contributed by atoms with Crippen LogP contribution in [0.25, 0.3) is 0 Å². The van der Waals surface area contributed by atoms with Crippen molar-refractivity contribution >= 4 is 47.6 Å². The number of rotatable bonds is 4. The van der Waals surface area contributed by atoms with E-state index in [0.717, 1.165) is 10.9 Å². The van der Waals surface area contributed by atoms with E-state index in [1.54, 1.807) is 0 Å². The van der Waals surface area contributed by atoms with Crippen LogP contribution in [-0.2, 0) is 10.9 Å². The van der Waals surface area contributed by atoms with Crippen LogP contribution in [0.4, 0.5) is 0 Å². The summed E-state index contributed by atoms with van der Waals surface area (Å²) in [5.74, 6) is 0. The summed E-state index contributed by atoms with van der Waals surface area (Å²) in [6.07, 6.45) is 0.817. The molecule has 4 rings (SSSR count). The van der Waals surface area contributed by atoms with E-state index >= 15 is 0 Å². The Morgan fingerprint density at radius 1 is 0.750 bits per heavy atom. The van der Waals surface area contributed by atoms with Crippen molar-refractivity contribution in [2.45, 2.75) is 25.9 Å². The van der Waals surface area contributed by atoms with E-state index in [9.17, 15) is 0 Å². The molecule has 3 aromatic carbocycles. The van der Waals surface area contributed by atoms with Gasteiger partial charge in [0.2, 0.25) is 0 Å². The fourth-order valence-electron chi connectivity index (χ4n) is 4.01. The number of halogens is 2. The molecule has 4 heteroatoms. The van der Waals surface area contributed by atoms with E-state index in [4.69, 9.17) is 4.52 Å². The van der Waals surface area contributed by atoms with E-state index in [-0.39, 0.29) is 0 Å². The van der Waals surface area contributed by atoms with Crippen LogP contribution in [0.1, 0.15) is 19.4 Å². The Hall–Kier alpha value is -1.25. The van der Waals surface area contributed by atoms with Crippen molar-refractivity contribution in [1.29, 1.82) is 0 Å². The molecule has 0 aliphatic carbocycles. The van der Waals surface area contributed by atoms with Crippen molar-refractivity contribution in [3.8, 4) is 0 Å². The van der Waals surface area contributed by atoms with Crippen molar-refractivity contribution in [2.75, 3.05) is 0 Å². The second-order valence-electron chi connectivity index (χ2n) is 7.63. The summed E-state index contributed by atoms with van der Waals surface area (Å²) in [6.45, 7) is 4.28. The fourth-order valence-corrected chi connectivity index (χ4v) is 14.2. The van der Waals surface area contributed by atoms with Crippen LogP contribution in [0.2, 0.25) is 0 Å². The molecule has 1 aliphatic heterocycles. The Balaban J connectivity index is 2.05. The Morgan fingerprint density at radius 3 is 1.64 bits per heavy atom. The molecule has 28 heavy (non-hydrogen) atoms. The van der Waals surface area contributed by atoms with Crippen LogP contribution in [0.15, 0.2) is 101 Å². The molecule has 0 radical (unpaired) electrons.